The molecule has 160 valence electrons. The first kappa shape index (κ1) is 20.5. The van der Waals surface area contributed by atoms with Crippen molar-refractivity contribution in [1.82, 2.24) is 0 Å². The molecule has 0 heterocycles. The summed E-state index contributed by atoms with van der Waals surface area (Å²) in [6.07, 6.45) is 2.28. The first-order valence-electron chi connectivity index (χ1n) is 10.9. The van der Waals surface area contributed by atoms with Gasteiger partial charge in [0, 0.05) is 7.11 Å². The van der Waals surface area contributed by atoms with Crippen LogP contribution < -0.4 is 0 Å². The maximum Gasteiger partial charge on any atom is 0.391 e. The van der Waals surface area contributed by atoms with Crippen LogP contribution in [-0.4, -0.2) is 31.0 Å². The van der Waals surface area contributed by atoms with Gasteiger partial charge in [0.25, 0.3) is 0 Å². The van der Waals surface area contributed by atoms with E-state index in [1.54, 1.807) is 7.11 Å². The molecule has 0 spiro atoms. The Morgan fingerprint density at radius 2 is 1.82 bits per heavy atom. The molecule has 6 heteroatoms. The summed E-state index contributed by atoms with van der Waals surface area (Å²) < 4.78 is 45.8. The highest BCUT2D eigenvalue weighted by atomic mass is 19.4. The van der Waals surface area contributed by atoms with Crippen LogP contribution in [0.4, 0.5) is 13.2 Å². The van der Waals surface area contributed by atoms with Crippen LogP contribution in [0.15, 0.2) is 0 Å². The molecule has 8 unspecified atom stereocenters. The van der Waals surface area contributed by atoms with Gasteiger partial charge < -0.3 is 9.84 Å². The Hall–Kier alpha value is -0.780. The number of fused-ring (bicyclic) bond motifs is 5. The molecule has 4 saturated carbocycles. The van der Waals surface area contributed by atoms with Crippen LogP contribution in [0.5, 0.6) is 0 Å². The predicted molar refractivity (Wildman–Crippen MR) is 98.6 cm³/mol. The van der Waals surface area contributed by atoms with E-state index >= 15 is 0 Å². The van der Waals surface area contributed by atoms with Crippen molar-refractivity contribution in [3.63, 3.8) is 0 Å². The molecule has 4 aliphatic carbocycles. The van der Waals surface area contributed by atoms with E-state index in [0.717, 1.165) is 38.5 Å². The van der Waals surface area contributed by atoms with Crippen LogP contribution in [0.2, 0.25) is 0 Å². The minimum Gasteiger partial charge on any atom is -0.481 e. The van der Waals surface area contributed by atoms with E-state index in [2.05, 4.69) is 6.92 Å². The summed E-state index contributed by atoms with van der Waals surface area (Å²) in [5, 5.41) is 9.71. The van der Waals surface area contributed by atoms with Gasteiger partial charge in [0.2, 0.25) is 0 Å². The fourth-order valence-corrected chi connectivity index (χ4v) is 8.30. The molecule has 4 rings (SSSR count). The van der Waals surface area contributed by atoms with Crippen LogP contribution >= 0.6 is 0 Å². The zero-order valence-electron chi connectivity index (χ0n) is 16.9. The third-order valence-electron chi connectivity index (χ3n) is 9.54. The molecule has 3 nitrogen and oxygen atoms in total. The van der Waals surface area contributed by atoms with Gasteiger partial charge in [0.1, 0.15) is 0 Å². The summed E-state index contributed by atoms with van der Waals surface area (Å²) in [4.78, 5) is 11.8. The molecule has 0 aliphatic heterocycles. The molecule has 4 fully saturated rings. The molecule has 0 amide bonds. The number of carboxylic acids is 1. The Kier molecular flexibility index (Phi) is 5.04. The summed E-state index contributed by atoms with van der Waals surface area (Å²) in [5.74, 6) is -0.818. The molecule has 4 aliphatic rings. The van der Waals surface area contributed by atoms with Crippen LogP contribution in [0.3, 0.4) is 0 Å². The van der Waals surface area contributed by atoms with Gasteiger partial charge in [0.15, 0.2) is 0 Å². The Morgan fingerprint density at radius 1 is 1.07 bits per heavy atom. The lowest BCUT2D eigenvalue weighted by molar-refractivity contribution is -0.217. The molecule has 28 heavy (non-hydrogen) atoms. The number of carbonyl (C=O) groups is 1. The van der Waals surface area contributed by atoms with Gasteiger partial charge >= 0.3 is 12.1 Å². The van der Waals surface area contributed by atoms with Gasteiger partial charge in [-0.3, -0.25) is 4.79 Å². The standard InChI is InChI=1S/C22H33F3O3/c1-20-9-8-17-15(16(20)5-6-18(20)19(26)27)4-3-13-11-14(22(23,24)25)7-10-21(13,17)12-28-2/h13-18H,3-12H2,1-2H3,(H,26,27). The number of carboxylic acid groups (broad SMARTS) is 1. The molecule has 1 N–H and O–H groups in total. The first-order chi connectivity index (χ1) is 13.1. The Balaban J connectivity index is 1.62. The van der Waals surface area contributed by atoms with Gasteiger partial charge in [-0.1, -0.05) is 6.92 Å². The van der Waals surface area contributed by atoms with Crippen LogP contribution in [0.25, 0.3) is 0 Å². The first-order valence-corrected chi connectivity index (χ1v) is 10.9. The summed E-state index contributed by atoms with van der Waals surface area (Å²) in [5.41, 5.74) is -0.306. The molecule has 0 aromatic heterocycles. The molecular weight excluding hydrogens is 369 g/mol. The zero-order chi connectivity index (χ0) is 20.3. The average Bonchev–Trinajstić information content (AvgIpc) is 2.98. The molecule has 0 saturated heterocycles. The second kappa shape index (κ2) is 6.88. The van der Waals surface area contributed by atoms with Crippen molar-refractivity contribution in [3.05, 3.63) is 0 Å². The molecule has 0 aromatic rings. The zero-order valence-corrected chi connectivity index (χ0v) is 16.9. The van der Waals surface area contributed by atoms with Crippen molar-refractivity contribution >= 4 is 5.97 Å². The number of rotatable bonds is 3. The minimum atomic E-state index is -4.10. The number of alkyl halides is 3. The lowest BCUT2D eigenvalue weighted by Gasteiger charge is -2.61. The van der Waals surface area contributed by atoms with Gasteiger partial charge in [-0.15, -0.1) is 0 Å². The summed E-state index contributed by atoms with van der Waals surface area (Å²) >= 11 is 0. The van der Waals surface area contributed by atoms with Crippen molar-refractivity contribution in [1.29, 1.82) is 0 Å². The molecule has 0 aromatic carbocycles. The molecule has 0 bridgehead atoms. The SMILES string of the molecule is COCC12CCC(C(F)(F)F)CC1CCC1C3CCC(C(=O)O)C3(C)CCC12. The second-order valence-corrected chi connectivity index (χ2v) is 10.3. The fourth-order valence-electron chi connectivity index (χ4n) is 8.30. The van der Waals surface area contributed by atoms with Crippen molar-refractivity contribution in [2.75, 3.05) is 13.7 Å². The number of hydrogen-bond acceptors (Lipinski definition) is 2. The number of ether oxygens (including phenoxy) is 1. The van der Waals surface area contributed by atoms with Crippen molar-refractivity contribution in [3.8, 4) is 0 Å². The maximum absolute atomic E-state index is 13.4. The quantitative estimate of drug-likeness (QED) is 0.675. The van der Waals surface area contributed by atoms with Crippen molar-refractivity contribution in [2.24, 2.45) is 46.3 Å². The van der Waals surface area contributed by atoms with E-state index in [9.17, 15) is 23.1 Å². The largest absolute Gasteiger partial charge is 0.481 e. The molecular formula is C22H33F3O3. The summed E-state index contributed by atoms with van der Waals surface area (Å²) in [6.45, 7) is 2.71. The van der Waals surface area contributed by atoms with E-state index in [-0.39, 0.29) is 35.5 Å². The van der Waals surface area contributed by atoms with Gasteiger partial charge in [-0.25, -0.2) is 0 Å². The van der Waals surface area contributed by atoms with Crippen LogP contribution in [0, 0.1) is 46.3 Å². The van der Waals surface area contributed by atoms with Gasteiger partial charge in [-0.05, 0) is 92.3 Å². The predicted octanol–water partition coefficient (Wildman–Crippen LogP) is 5.53. The number of halogens is 3. The maximum atomic E-state index is 13.4. The highest BCUT2D eigenvalue weighted by Gasteiger charge is 2.63. The van der Waals surface area contributed by atoms with Gasteiger partial charge in [-0.2, -0.15) is 13.2 Å². The van der Waals surface area contributed by atoms with Crippen molar-refractivity contribution < 1.29 is 27.8 Å². The average molecular weight is 402 g/mol. The van der Waals surface area contributed by atoms with E-state index in [1.807, 2.05) is 0 Å². The van der Waals surface area contributed by atoms with Crippen molar-refractivity contribution in [2.45, 2.75) is 70.9 Å². The molecule has 0 radical (unpaired) electrons. The minimum absolute atomic E-state index is 0.0788. The van der Waals surface area contributed by atoms with E-state index in [4.69, 9.17) is 4.74 Å². The Morgan fingerprint density at radius 3 is 2.46 bits per heavy atom. The number of hydrogen-bond donors (Lipinski definition) is 1. The topological polar surface area (TPSA) is 46.5 Å². The fraction of sp³-hybridized carbons (Fsp3) is 0.955. The third-order valence-corrected chi connectivity index (χ3v) is 9.54. The van der Waals surface area contributed by atoms with E-state index in [0.29, 0.717) is 30.8 Å². The Bertz CT molecular complexity index is 621. The summed E-state index contributed by atoms with van der Waals surface area (Å²) in [6, 6.07) is 0. The lowest BCUT2D eigenvalue weighted by Crippen LogP contribution is -2.57. The van der Waals surface area contributed by atoms with Crippen LogP contribution in [0.1, 0.15) is 64.7 Å². The smallest absolute Gasteiger partial charge is 0.391 e. The highest BCUT2D eigenvalue weighted by Crippen LogP contribution is 2.68. The third kappa shape index (κ3) is 2.92. The second-order valence-electron chi connectivity index (χ2n) is 10.3. The van der Waals surface area contributed by atoms with Gasteiger partial charge in [0.05, 0.1) is 18.4 Å². The lowest BCUT2D eigenvalue weighted by atomic mass is 9.44. The van der Waals surface area contributed by atoms with E-state index in [1.165, 1.54) is 0 Å². The number of methoxy groups -OCH3 is 1. The Labute approximate surface area is 165 Å². The monoisotopic (exact) mass is 402 g/mol. The highest BCUT2D eigenvalue weighted by molar-refractivity contribution is 5.71. The summed E-state index contributed by atoms with van der Waals surface area (Å²) in [7, 11) is 1.67. The van der Waals surface area contributed by atoms with E-state index < -0.39 is 18.1 Å². The normalized spacial score (nSPS) is 48.5. The molecule has 8 atom stereocenters. The van der Waals surface area contributed by atoms with Crippen LogP contribution in [-0.2, 0) is 9.53 Å². The number of aliphatic carboxylic acids is 1.